The van der Waals surface area contributed by atoms with Gasteiger partial charge < -0.3 is 9.05 Å². The van der Waals surface area contributed by atoms with Crippen molar-refractivity contribution in [3.8, 4) is 11.5 Å². The molecule has 0 heterocycles. The first-order valence-electron chi connectivity index (χ1n) is 15.8. The Morgan fingerprint density at radius 1 is 0.659 bits per heavy atom. The minimum Gasteiger partial charge on any atom is -0.417 e. The molecule has 1 aliphatic carbocycles. The number of benzene rings is 2. The van der Waals surface area contributed by atoms with Crippen LogP contribution >= 0.6 is 8.60 Å². The fourth-order valence-corrected chi connectivity index (χ4v) is 6.60. The van der Waals surface area contributed by atoms with Gasteiger partial charge in [-0.3, -0.25) is 4.52 Å². The maximum atomic E-state index is 6.80. The highest BCUT2D eigenvalue weighted by molar-refractivity contribution is 7.42. The molecule has 0 aromatic heterocycles. The Labute approximate surface area is 254 Å². The molecule has 0 spiro atoms. The minimum atomic E-state index is -1.67. The largest absolute Gasteiger partial charge is 0.463 e. The van der Waals surface area contributed by atoms with Crippen molar-refractivity contribution in [1.82, 2.24) is 0 Å². The van der Waals surface area contributed by atoms with E-state index >= 15 is 0 Å². The van der Waals surface area contributed by atoms with Crippen molar-refractivity contribution in [3.05, 3.63) is 58.7 Å². The normalized spacial score (nSPS) is 16.0. The van der Waals surface area contributed by atoms with Crippen LogP contribution in [0, 0.1) is 5.41 Å². The zero-order valence-corrected chi connectivity index (χ0v) is 29.5. The van der Waals surface area contributed by atoms with Crippen molar-refractivity contribution >= 4 is 8.60 Å². The summed E-state index contributed by atoms with van der Waals surface area (Å²) in [7, 11) is -1.67. The predicted molar refractivity (Wildman–Crippen MR) is 178 cm³/mol. The number of hydrogen-bond donors (Lipinski definition) is 0. The lowest BCUT2D eigenvalue weighted by atomic mass is 9.66. The van der Waals surface area contributed by atoms with E-state index in [2.05, 4.69) is 126 Å². The summed E-state index contributed by atoms with van der Waals surface area (Å²) in [6, 6.07) is 13.3. The standard InChI is InChI=1S/C37H59O3P/c1-14-15-21-37(22-16-23-37)26-38-41(39-31-19-17-27(33(2,3)4)24-29(31)35(8,9)10)40-32-20-18-28(34(5,6)7)25-30(32)36(11,12)13/h17-20,24-25H,14-16,21-23,26H2,1-13H3. The van der Waals surface area contributed by atoms with Crippen LogP contribution in [-0.2, 0) is 26.2 Å². The van der Waals surface area contributed by atoms with E-state index in [0.717, 1.165) is 11.5 Å². The quantitative estimate of drug-likeness (QED) is 0.261. The molecule has 4 heteroatoms. The maximum Gasteiger partial charge on any atom is 0.463 e. The zero-order valence-electron chi connectivity index (χ0n) is 28.6. The molecule has 41 heavy (non-hydrogen) atoms. The second kappa shape index (κ2) is 12.6. The van der Waals surface area contributed by atoms with E-state index in [1.807, 2.05) is 0 Å². The molecular formula is C37H59O3P. The Bertz CT molecular complexity index is 1070. The van der Waals surface area contributed by atoms with Gasteiger partial charge in [0.15, 0.2) is 0 Å². The molecule has 0 unspecified atom stereocenters. The van der Waals surface area contributed by atoms with Crippen molar-refractivity contribution in [1.29, 1.82) is 0 Å². The third-order valence-electron chi connectivity index (χ3n) is 8.60. The highest BCUT2D eigenvalue weighted by Crippen LogP contribution is 2.52. The fourth-order valence-electron chi connectivity index (χ4n) is 5.44. The van der Waals surface area contributed by atoms with Crippen LogP contribution in [0.4, 0.5) is 0 Å². The van der Waals surface area contributed by atoms with Crippen molar-refractivity contribution < 1.29 is 13.6 Å². The van der Waals surface area contributed by atoms with Gasteiger partial charge in [-0.05, 0) is 69.6 Å². The Morgan fingerprint density at radius 3 is 1.41 bits per heavy atom. The Morgan fingerprint density at radius 2 is 1.10 bits per heavy atom. The molecule has 3 nitrogen and oxygen atoms in total. The van der Waals surface area contributed by atoms with Gasteiger partial charge in [-0.25, -0.2) is 0 Å². The fraction of sp³-hybridized carbons (Fsp3) is 0.676. The molecule has 0 bridgehead atoms. The predicted octanol–water partition coefficient (Wildman–Crippen LogP) is 11.9. The van der Waals surface area contributed by atoms with E-state index < -0.39 is 8.60 Å². The summed E-state index contributed by atoms with van der Waals surface area (Å²) < 4.78 is 20.3. The smallest absolute Gasteiger partial charge is 0.417 e. The average Bonchev–Trinajstić information content (AvgIpc) is 2.80. The average molecular weight is 583 g/mol. The molecule has 0 atom stereocenters. The van der Waals surface area contributed by atoms with Crippen LogP contribution in [0.5, 0.6) is 11.5 Å². The maximum absolute atomic E-state index is 6.80. The lowest BCUT2D eigenvalue weighted by molar-refractivity contribution is 0.0421. The van der Waals surface area contributed by atoms with Crippen LogP contribution in [-0.4, -0.2) is 6.61 Å². The van der Waals surface area contributed by atoms with E-state index in [0.29, 0.717) is 6.61 Å². The van der Waals surface area contributed by atoms with Gasteiger partial charge in [-0.2, -0.15) is 0 Å². The topological polar surface area (TPSA) is 27.7 Å². The van der Waals surface area contributed by atoms with Gasteiger partial charge in [-0.15, -0.1) is 0 Å². The molecule has 0 saturated heterocycles. The molecule has 3 rings (SSSR count). The van der Waals surface area contributed by atoms with Crippen LogP contribution in [0.1, 0.15) is 151 Å². The molecule has 0 radical (unpaired) electrons. The van der Waals surface area contributed by atoms with Crippen molar-refractivity contribution in [2.75, 3.05) is 6.61 Å². The van der Waals surface area contributed by atoms with Gasteiger partial charge >= 0.3 is 8.60 Å². The van der Waals surface area contributed by atoms with Gasteiger partial charge in [0.2, 0.25) is 0 Å². The SMILES string of the molecule is CCCCC1(COP(Oc2ccc(C(C)(C)C)cc2C(C)(C)C)Oc2ccc(C(C)(C)C)cc2C(C)(C)C)CCC1. The molecule has 0 amide bonds. The van der Waals surface area contributed by atoms with Gasteiger partial charge in [0.05, 0.1) is 6.61 Å². The summed E-state index contributed by atoms with van der Waals surface area (Å²) in [5, 5.41) is 0. The summed E-state index contributed by atoms with van der Waals surface area (Å²) in [6.45, 7) is 30.1. The first kappa shape index (κ1) is 33.9. The Balaban J connectivity index is 2.02. The van der Waals surface area contributed by atoms with E-state index in [-0.39, 0.29) is 27.1 Å². The van der Waals surface area contributed by atoms with Crippen LogP contribution in [0.15, 0.2) is 36.4 Å². The van der Waals surface area contributed by atoms with Crippen LogP contribution in [0.25, 0.3) is 0 Å². The number of unbranched alkanes of at least 4 members (excludes halogenated alkanes) is 1. The van der Waals surface area contributed by atoms with Crippen LogP contribution < -0.4 is 9.05 Å². The summed E-state index contributed by atoms with van der Waals surface area (Å²) in [5.74, 6) is 1.72. The van der Waals surface area contributed by atoms with Crippen molar-refractivity contribution in [3.63, 3.8) is 0 Å². The molecule has 230 valence electrons. The molecule has 0 N–H and O–H groups in total. The summed E-state index contributed by atoms with van der Waals surface area (Å²) >= 11 is 0. The molecule has 1 fully saturated rings. The lowest BCUT2D eigenvalue weighted by Crippen LogP contribution is -2.34. The van der Waals surface area contributed by atoms with Crippen LogP contribution in [0.3, 0.4) is 0 Å². The van der Waals surface area contributed by atoms with Gasteiger partial charge in [0, 0.05) is 11.1 Å². The molecule has 0 aliphatic heterocycles. The minimum absolute atomic E-state index is 0.0581. The molecule has 1 saturated carbocycles. The zero-order chi connectivity index (χ0) is 30.9. The summed E-state index contributed by atoms with van der Waals surface area (Å²) in [5.41, 5.74) is 5.20. The Hall–Kier alpha value is -1.57. The first-order valence-corrected chi connectivity index (χ1v) is 16.9. The van der Waals surface area contributed by atoms with Gasteiger partial charge in [-0.1, -0.05) is 134 Å². The third kappa shape index (κ3) is 8.96. The van der Waals surface area contributed by atoms with E-state index in [4.69, 9.17) is 13.6 Å². The van der Waals surface area contributed by atoms with Gasteiger partial charge in [0.1, 0.15) is 11.5 Å². The van der Waals surface area contributed by atoms with Crippen molar-refractivity contribution in [2.45, 2.75) is 150 Å². The molecular weight excluding hydrogens is 523 g/mol. The second-order valence-electron chi connectivity index (χ2n) is 16.6. The Kier molecular flexibility index (Phi) is 10.4. The highest BCUT2D eigenvalue weighted by atomic mass is 31.2. The van der Waals surface area contributed by atoms with E-state index in [1.165, 1.54) is 60.8 Å². The summed E-state index contributed by atoms with van der Waals surface area (Å²) in [6.07, 6.45) is 7.43. The molecule has 2 aromatic rings. The third-order valence-corrected chi connectivity index (χ3v) is 9.64. The van der Waals surface area contributed by atoms with Gasteiger partial charge in [0.25, 0.3) is 0 Å². The number of hydrogen-bond acceptors (Lipinski definition) is 3. The van der Waals surface area contributed by atoms with Crippen molar-refractivity contribution in [2.24, 2.45) is 5.41 Å². The van der Waals surface area contributed by atoms with E-state index in [1.54, 1.807) is 0 Å². The van der Waals surface area contributed by atoms with E-state index in [9.17, 15) is 0 Å². The molecule has 2 aromatic carbocycles. The highest BCUT2D eigenvalue weighted by Gasteiger charge is 2.39. The first-order chi connectivity index (χ1) is 18.7. The second-order valence-corrected chi connectivity index (χ2v) is 17.6. The number of rotatable bonds is 10. The lowest BCUT2D eigenvalue weighted by Gasteiger charge is -2.42. The molecule has 1 aliphatic rings. The summed E-state index contributed by atoms with van der Waals surface area (Å²) in [4.78, 5) is 0. The van der Waals surface area contributed by atoms with Crippen LogP contribution in [0.2, 0.25) is 0 Å². The monoisotopic (exact) mass is 582 g/mol.